The van der Waals surface area contributed by atoms with Crippen molar-refractivity contribution in [1.82, 2.24) is 0 Å². The fourth-order valence-corrected chi connectivity index (χ4v) is 2.05. The molecule has 1 atom stereocenters. The Kier molecular flexibility index (Phi) is 5.12. The Morgan fingerprint density at radius 3 is 1.71 bits per heavy atom. The first-order chi connectivity index (χ1) is 10.1. The second-order valence-electron chi connectivity index (χ2n) is 5.41. The number of hydrogen-bond donors (Lipinski definition) is 1. The van der Waals surface area contributed by atoms with E-state index in [2.05, 4.69) is 0 Å². The Labute approximate surface area is 125 Å². The topological polar surface area (TPSA) is 52.3 Å². The predicted molar refractivity (Wildman–Crippen MR) is 83.6 cm³/mol. The third-order valence-electron chi connectivity index (χ3n) is 3.43. The first-order valence-corrected chi connectivity index (χ1v) is 7.15. The van der Waals surface area contributed by atoms with Crippen LogP contribution in [0.4, 0.5) is 0 Å². The van der Waals surface area contributed by atoms with Crippen molar-refractivity contribution in [3.05, 3.63) is 71.8 Å². The molecule has 0 aliphatic carbocycles. The highest BCUT2D eigenvalue weighted by molar-refractivity contribution is 5.76. The standard InChI is InChI=1S/C18H21NO2/c1-13(2)16(19)18(20)21-17(14-9-5-3-6-10-14)15-11-7-4-8-12-15/h3-13,16-17H,19H2,1-2H3/t16-/m0/s1. The summed E-state index contributed by atoms with van der Waals surface area (Å²) >= 11 is 0. The fraction of sp³-hybridized carbons (Fsp3) is 0.278. The zero-order valence-electron chi connectivity index (χ0n) is 12.4. The van der Waals surface area contributed by atoms with Crippen LogP contribution in [0.1, 0.15) is 31.1 Å². The maximum Gasteiger partial charge on any atom is 0.324 e. The fourth-order valence-electron chi connectivity index (χ4n) is 2.05. The molecule has 0 saturated carbocycles. The molecule has 2 rings (SSSR count). The summed E-state index contributed by atoms with van der Waals surface area (Å²) in [7, 11) is 0. The van der Waals surface area contributed by atoms with E-state index in [0.29, 0.717) is 0 Å². The molecule has 0 spiro atoms. The van der Waals surface area contributed by atoms with E-state index >= 15 is 0 Å². The smallest absolute Gasteiger partial charge is 0.324 e. The molecular formula is C18H21NO2. The number of hydrogen-bond acceptors (Lipinski definition) is 3. The van der Waals surface area contributed by atoms with Crippen molar-refractivity contribution in [2.75, 3.05) is 0 Å². The van der Waals surface area contributed by atoms with E-state index in [1.165, 1.54) is 0 Å². The molecule has 0 aliphatic heterocycles. The van der Waals surface area contributed by atoms with Gasteiger partial charge in [-0.2, -0.15) is 0 Å². The lowest BCUT2D eigenvalue weighted by Gasteiger charge is -2.22. The van der Waals surface area contributed by atoms with E-state index in [-0.39, 0.29) is 11.9 Å². The zero-order chi connectivity index (χ0) is 15.2. The van der Waals surface area contributed by atoms with Crippen molar-refractivity contribution in [1.29, 1.82) is 0 Å². The van der Waals surface area contributed by atoms with Crippen LogP contribution in [0.3, 0.4) is 0 Å². The Morgan fingerprint density at radius 2 is 1.33 bits per heavy atom. The van der Waals surface area contributed by atoms with Gasteiger partial charge in [-0.3, -0.25) is 4.79 Å². The average molecular weight is 283 g/mol. The molecule has 0 fully saturated rings. The molecule has 0 radical (unpaired) electrons. The number of carbonyl (C=O) groups is 1. The first kappa shape index (κ1) is 15.3. The molecule has 0 unspecified atom stereocenters. The van der Waals surface area contributed by atoms with Crippen LogP contribution in [0.2, 0.25) is 0 Å². The maximum atomic E-state index is 12.2. The summed E-state index contributed by atoms with van der Waals surface area (Å²) in [6.45, 7) is 3.82. The Hall–Kier alpha value is -2.13. The second kappa shape index (κ2) is 7.04. The molecule has 0 bridgehead atoms. The van der Waals surface area contributed by atoms with Crippen LogP contribution < -0.4 is 5.73 Å². The summed E-state index contributed by atoms with van der Waals surface area (Å²) in [5, 5.41) is 0. The van der Waals surface area contributed by atoms with Crippen LogP contribution in [0.5, 0.6) is 0 Å². The van der Waals surface area contributed by atoms with Gasteiger partial charge in [0.15, 0.2) is 6.10 Å². The van der Waals surface area contributed by atoms with Crippen LogP contribution in [0.15, 0.2) is 60.7 Å². The van der Waals surface area contributed by atoms with Crippen molar-refractivity contribution in [2.24, 2.45) is 11.7 Å². The summed E-state index contributed by atoms with van der Waals surface area (Å²) in [5.41, 5.74) is 7.77. The lowest BCUT2D eigenvalue weighted by atomic mass is 10.0. The van der Waals surface area contributed by atoms with Gasteiger partial charge in [0.1, 0.15) is 6.04 Å². The van der Waals surface area contributed by atoms with Crippen LogP contribution in [0.25, 0.3) is 0 Å². The van der Waals surface area contributed by atoms with E-state index in [9.17, 15) is 4.79 Å². The minimum absolute atomic E-state index is 0.0460. The number of ether oxygens (including phenoxy) is 1. The molecule has 0 heterocycles. The summed E-state index contributed by atoms with van der Waals surface area (Å²) in [4.78, 5) is 12.2. The van der Waals surface area contributed by atoms with Crippen LogP contribution in [-0.2, 0) is 9.53 Å². The van der Waals surface area contributed by atoms with Gasteiger partial charge in [0.05, 0.1) is 0 Å². The highest BCUT2D eigenvalue weighted by atomic mass is 16.5. The SMILES string of the molecule is CC(C)[C@H](N)C(=O)OC(c1ccccc1)c1ccccc1. The summed E-state index contributed by atoms with van der Waals surface area (Å²) in [5.74, 6) is -0.326. The summed E-state index contributed by atoms with van der Waals surface area (Å²) in [6.07, 6.45) is -0.426. The molecule has 2 N–H and O–H groups in total. The minimum Gasteiger partial charge on any atom is -0.451 e. The zero-order valence-corrected chi connectivity index (χ0v) is 12.4. The Morgan fingerprint density at radius 1 is 0.905 bits per heavy atom. The monoisotopic (exact) mass is 283 g/mol. The van der Waals surface area contributed by atoms with E-state index < -0.39 is 12.1 Å². The molecule has 0 aromatic heterocycles. The van der Waals surface area contributed by atoms with Crippen molar-refractivity contribution >= 4 is 5.97 Å². The largest absolute Gasteiger partial charge is 0.451 e. The molecule has 0 saturated heterocycles. The number of carbonyl (C=O) groups excluding carboxylic acids is 1. The van der Waals surface area contributed by atoms with Crippen LogP contribution >= 0.6 is 0 Å². The highest BCUT2D eigenvalue weighted by Gasteiger charge is 2.24. The van der Waals surface area contributed by atoms with E-state index in [1.54, 1.807) is 0 Å². The molecule has 110 valence electrons. The van der Waals surface area contributed by atoms with Crippen LogP contribution in [0, 0.1) is 5.92 Å². The number of nitrogens with two attached hydrogens (primary N) is 1. The van der Waals surface area contributed by atoms with Gasteiger partial charge in [0.25, 0.3) is 0 Å². The van der Waals surface area contributed by atoms with Gasteiger partial charge in [-0.15, -0.1) is 0 Å². The van der Waals surface area contributed by atoms with Crippen molar-refractivity contribution in [3.8, 4) is 0 Å². The average Bonchev–Trinajstić information content (AvgIpc) is 2.53. The van der Waals surface area contributed by atoms with Gasteiger partial charge in [-0.05, 0) is 17.0 Å². The highest BCUT2D eigenvalue weighted by Crippen LogP contribution is 2.26. The van der Waals surface area contributed by atoms with Gasteiger partial charge in [-0.1, -0.05) is 74.5 Å². The molecule has 3 nitrogen and oxygen atoms in total. The number of esters is 1. The van der Waals surface area contributed by atoms with Gasteiger partial charge < -0.3 is 10.5 Å². The van der Waals surface area contributed by atoms with Crippen molar-refractivity contribution < 1.29 is 9.53 Å². The van der Waals surface area contributed by atoms with Gasteiger partial charge in [-0.25, -0.2) is 0 Å². The summed E-state index contributed by atoms with van der Waals surface area (Å²) in [6, 6.07) is 18.8. The maximum absolute atomic E-state index is 12.2. The molecule has 2 aromatic carbocycles. The normalized spacial score (nSPS) is 12.4. The molecule has 0 aliphatic rings. The molecule has 2 aromatic rings. The van der Waals surface area contributed by atoms with E-state index in [1.807, 2.05) is 74.5 Å². The van der Waals surface area contributed by atoms with E-state index in [0.717, 1.165) is 11.1 Å². The van der Waals surface area contributed by atoms with Crippen LogP contribution in [-0.4, -0.2) is 12.0 Å². The number of rotatable bonds is 5. The van der Waals surface area contributed by atoms with Gasteiger partial charge in [0.2, 0.25) is 0 Å². The summed E-state index contributed by atoms with van der Waals surface area (Å²) < 4.78 is 5.68. The van der Waals surface area contributed by atoms with Crippen molar-refractivity contribution in [2.45, 2.75) is 26.0 Å². The lowest BCUT2D eigenvalue weighted by Crippen LogP contribution is -2.37. The molecule has 0 amide bonds. The molecule has 21 heavy (non-hydrogen) atoms. The van der Waals surface area contributed by atoms with Gasteiger partial charge in [0, 0.05) is 0 Å². The predicted octanol–water partition coefficient (Wildman–Crippen LogP) is 3.30. The first-order valence-electron chi connectivity index (χ1n) is 7.15. The lowest BCUT2D eigenvalue weighted by molar-refractivity contribution is -0.150. The quantitative estimate of drug-likeness (QED) is 0.857. The van der Waals surface area contributed by atoms with Gasteiger partial charge >= 0.3 is 5.97 Å². The molecular weight excluding hydrogens is 262 g/mol. The third kappa shape index (κ3) is 3.92. The van der Waals surface area contributed by atoms with Crippen molar-refractivity contribution in [3.63, 3.8) is 0 Å². The Bertz CT molecular complexity index is 527. The third-order valence-corrected chi connectivity index (χ3v) is 3.43. The second-order valence-corrected chi connectivity index (χ2v) is 5.41. The minimum atomic E-state index is -0.611. The molecule has 3 heteroatoms. The number of benzene rings is 2. The van der Waals surface area contributed by atoms with E-state index in [4.69, 9.17) is 10.5 Å². The Balaban J connectivity index is 2.28.